The summed E-state index contributed by atoms with van der Waals surface area (Å²) < 4.78 is 8.64. The van der Waals surface area contributed by atoms with E-state index in [1.54, 1.807) is 23.2 Å². The van der Waals surface area contributed by atoms with Crippen LogP contribution in [0.4, 0.5) is 16.2 Å². The zero-order chi connectivity index (χ0) is 18.1. The fourth-order valence-corrected chi connectivity index (χ4v) is 3.12. The van der Waals surface area contributed by atoms with Gasteiger partial charge >= 0.3 is 11.7 Å². The van der Waals surface area contributed by atoms with Crippen molar-refractivity contribution in [3.8, 4) is 0 Å². The first-order chi connectivity index (χ1) is 11.9. The number of aromatic nitrogens is 2. The van der Waals surface area contributed by atoms with E-state index in [1.807, 2.05) is 26.0 Å². The average Bonchev–Trinajstić information content (AvgIpc) is 2.78. The van der Waals surface area contributed by atoms with Gasteiger partial charge in [-0.2, -0.15) is 0 Å². The number of urea groups is 1. The molecule has 0 unspecified atom stereocenters. The number of hydrogen-bond acceptors (Lipinski definition) is 4. The molecule has 2 N–H and O–H groups in total. The Labute approximate surface area is 146 Å². The highest BCUT2D eigenvalue weighted by atomic mass is 16.5. The van der Waals surface area contributed by atoms with Crippen molar-refractivity contribution in [1.29, 1.82) is 0 Å². The molecule has 1 aliphatic heterocycles. The number of benzene rings is 1. The van der Waals surface area contributed by atoms with E-state index in [1.165, 1.54) is 0 Å². The molecule has 0 spiro atoms. The van der Waals surface area contributed by atoms with Crippen LogP contribution in [0.5, 0.6) is 0 Å². The zero-order valence-corrected chi connectivity index (χ0v) is 15.1. The minimum atomic E-state index is -0.259. The van der Waals surface area contributed by atoms with Gasteiger partial charge in [-0.3, -0.25) is 9.13 Å². The number of nitrogens with one attached hydrogen (secondary N) is 2. The van der Waals surface area contributed by atoms with Crippen LogP contribution in [0.25, 0.3) is 11.0 Å². The molecule has 1 fully saturated rings. The summed E-state index contributed by atoms with van der Waals surface area (Å²) in [6.45, 7) is 6.59. The summed E-state index contributed by atoms with van der Waals surface area (Å²) in [6.07, 6.45) is 0. The van der Waals surface area contributed by atoms with Crippen molar-refractivity contribution in [1.82, 2.24) is 14.5 Å². The molecule has 1 aliphatic rings. The third-order valence-electron chi connectivity index (χ3n) is 4.41. The Balaban J connectivity index is 2.08. The molecule has 3 rings (SSSR count). The summed E-state index contributed by atoms with van der Waals surface area (Å²) in [7, 11) is 3.49. The van der Waals surface area contributed by atoms with Crippen LogP contribution in [0.3, 0.4) is 0 Å². The van der Waals surface area contributed by atoms with Crippen molar-refractivity contribution in [3.05, 3.63) is 22.6 Å². The number of morpholine rings is 1. The van der Waals surface area contributed by atoms with Gasteiger partial charge in [0.25, 0.3) is 0 Å². The SMILES string of the molecule is CC(C)NC(=O)Nc1cc2c(cc1N1CCOCC1)n(C)c(=O)n2C. The van der Waals surface area contributed by atoms with E-state index in [2.05, 4.69) is 15.5 Å². The molecular formula is C17H25N5O3. The molecule has 0 bridgehead atoms. The fourth-order valence-electron chi connectivity index (χ4n) is 3.12. The standard InChI is InChI=1S/C17H25N5O3/c1-11(2)18-16(23)19-12-9-14-15(21(4)17(24)20(14)3)10-13(12)22-5-7-25-8-6-22/h9-11H,5-8H2,1-4H3,(H2,18,19,23). The van der Waals surface area contributed by atoms with E-state index in [-0.39, 0.29) is 17.8 Å². The van der Waals surface area contributed by atoms with Gasteiger partial charge in [0.05, 0.1) is 35.6 Å². The predicted molar refractivity (Wildman–Crippen MR) is 98.5 cm³/mol. The van der Waals surface area contributed by atoms with Crippen LogP contribution in [0, 0.1) is 0 Å². The van der Waals surface area contributed by atoms with Crippen molar-refractivity contribution < 1.29 is 9.53 Å². The maximum Gasteiger partial charge on any atom is 0.328 e. The lowest BCUT2D eigenvalue weighted by molar-refractivity contribution is 0.123. The fraction of sp³-hybridized carbons (Fsp3) is 0.529. The molecular weight excluding hydrogens is 322 g/mol. The van der Waals surface area contributed by atoms with Crippen LogP contribution in [-0.4, -0.2) is 47.5 Å². The quantitative estimate of drug-likeness (QED) is 0.875. The predicted octanol–water partition coefficient (Wildman–Crippen LogP) is 1.24. The summed E-state index contributed by atoms with van der Waals surface area (Å²) in [5.41, 5.74) is 3.12. The summed E-state index contributed by atoms with van der Waals surface area (Å²) >= 11 is 0. The van der Waals surface area contributed by atoms with Crippen LogP contribution in [-0.2, 0) is 18.8 Å². The van der Waals surface area contributed by atoms with Crippen LogP contribution in [0.1, 0.15) is 13.8 Å². The van der Waals surface area contributed by atoms with Gasteiger partial charge in [-0.25, -0.2) is 9.59 Å². The third-order valence-corrected chi connectivity index (χ3v) is 4.41. The smallest absolute Gasteiger partial charge is 0.328 e. The number of carbonyl (C=O) groups excluding carboxylic acids is 1. The van der Waals surface area contributed by atoms with Gasteiger partial charge in [0.1, 0.15) is 0 Å². The third kappa shape index (κ3) is 3.34. The molecule has 0 saturated carbocycles. The van der Waals surface area contributed by atoms with Gasteiger partial charge < -0.3 is 20.3 Å². The number of rotatable bonds is 3. The Morgan fingerprint density at radius 1 is 1.12 bits per heavy atom. The van der Waals surface area contributed by atoms with E-state index in [0.717, 1.165) is 29.8 Å². The van der Waals surface area contributed by atoms with Gasteiger partial charge in [-0.1, -0.05) is 0 Å². The van der Waals surface area contributed by atoms with Gasteiger partial charge in [0, 0.05) is 33.2 Å². The number of anilines is 2. The molecule has 1 aromatic heterocycles. The molecule has 8 heteroatoms. The summed E-state index contributed by atoms with van der Waals surface area (Å²) in [4.78, 5) is 26.6. The molecule has 2 amide bonds. The molecule has 0 aliphatic carbocycles. The second kappa shape index (κ2) is 6.79. The molecule has 25 heavy (non-hydrogen) atoms. The molecule has 8 nitrogen and oxygen atoms in total. The summed E-state index contributed by atoms with van der Waals surface area (Å²) in [5.74, 6) is 0. The molecule has 0 radical (unpaired) electrons. The van der Waals surface area contributed by atoms with Crippen LogP contribution in [0.15, 0.2) is 16.9 Å². The van der Waals surface area contributed by atoms with Crippen LogP contribution < -0.4 is 21.2 Å². The summed E-state index contributed by atoms with van der Waals surface area (Å²) in [6, 6.07) is 3.61. The summed E-state index contributed by atoms with van der Waals surface area (Å²) in [5, 5.41) is 5.76. The molecule has 1 aromatic carbocycles. The lowest BCUT2D eigenvalue weighted by Gasteiger charge is -2.30. The average molecular weight is 347 g/mol. The minimum Gasteiger partial charge on any atom is -0.378 e. The number of imidazole rings is 1. The first-order valence-electron chi connectivity index (χ1n) is 8.48. The molecule has 1 saturated heterocycles. The van der Waals surface area contributed by atoms with E-state index in [0.29, 0.717) is 18.9 Å². The normalized spacial score (nSPS) is 15.0. The molecule has 2 heterocycles. The number of nitrogens with zero attached hydrogens (tertiary/aromatic N) is 3. The highest BCUT2D eigenvalue weighted by Crippen LogP contribution is 2.31. The number of carbonyl (C=O) groups is 1. The van der Waals surface area contributed by atoms with Crippen molar-refractivity contribution in [2.24, 2.45) is 14.1 Å². The highest BCUT2D eigenvalue weighted by Gasteiger charge is 2.20. The van der Waals surface area contributed by atoms with Crippen LogP contribution >= 0.6 is 0 Å². The minimum absolute atomic E-state index is 0.0386. The van der Waals surface area contributed by atoms with Gasteiger partial charge in [-0.15, -0.1) is 0 Å². The first-order valence-corrected chi connectivity index (χ1v) is 8.48. The van der Waals surface area contributed by atoms with Gasteiger partial charge in [0.15, 0.2) is 0 Å². The lowest BCUT2D eigenvalue weighted by atomic mass is 10.2. The molecule has 0 atom stereocenters. The lowest BCUT2D eigenvalue weighted by Crippen LogP contribution is -2.38. The van der Waals surface area contributed by atoms with E-state index in [4.69, 9.17) is 4.74 Å². The van der Waals surface area contributed by atoms with Gasteiger partial charge in [-0.05, 0) is 26.0 Å². The first kappa shape index (κ1) is 17.3. The Kier molecular flexibility index (Phi) is 4.71. The maximum atomic E-state index is 12.2. The maximum absolute atomic E-state index is 12.2. The van der Waals surface area contributed by atoms with Crippen molar-refractivity contribution in [2.75, 3.05) is 36.5 Å². The topological polar surface area (TPSA) is 80.5 Å². The zero-order valence-electron chi connectivity index (χ0n) is 15.1. The number of ether oxygens (including phenoxy) is 1. The number of hydrogen-bond donors (Lipinski definition) is 2. The Morgan fingerprint density at radius 2 is 1.72 bits per heavy atom. The van der Waals surface area contributed by atoms with E-state index in [9.17, 15) is 9.59 Å². The Bertz CT molecular complexity index is 846. The Morgan fingerprint density at radius 3 is 2.32 bits per heavy atom. The van der Waals surface area contributed by atoms with Gasteiger partial charge in [0.2, 0.25) is 0 Å². The Hall–Kier alpha value is -2.48. The molecule has 2 aromatic rings. The van der Waals surface area contributed by atoms with Crippen molar-refractivity contribution in [2.45, 2.75) is 19.9 Å². The second-order valence-corrected chi connectivity index (χ2v) is 6.61. The number of fused-ring (bicyclic) bond motifs is 1. The number of amides is 2. The van der Waals surface area contributed by atoms with Crippen LogP contribution in [0.2, 0.25) is 0 Å². The largest absolute Gasteiger partial charge is 0.378 e. The number of aryl methyl sites for hydroxylation is 2. The highest BCUT2D eigenvalue weighted by molar-refractivity contribution is 5.98. The second-order valence-electron chi connectivity index (χ2n) is 6.61. The van der Waals surface area contributed by atoms with E-state index < -0.39 is 0 Å². The van der Waals surface area contributed by atoms with Crippen molar-refractivity contribution >= 4 is 28.4 Å². The molecule has 136 valence electrons. The van der Waals surface area contributed by atoms with E-state index >= 15 is 0 Å². The van der Waals surface area contributed by atoms with Crippen molar-refractivity contribution in [3.63, 3.8) is 0 Å². The monoisotopic (exact) mass is 347 g/mol.